The van der Waals surface area contributed by atoms with Crippen LogP contribution in [0.4, 0.5) is 11.4 Å². The molecule has 9 heteroatoms. The highest BCUT2D eigenvalue weighted by atomic mass is 32.1. The van der Waals surface area contributed by atoms with Gasteiger partial charge in [-0.2, -0.15) is 4.98 Å². The van der Waals surface area contributed by atoms with E-state index in [9.17, 15) is 9.59 Å². The Hall–Kier alpha value is -3.04. The Balaban J connectivity index is 1.27. The Labute approximate surface area is 165 Å². The van der Waals surface area contributed by atoms with E-state index < -0.39 is 0 Å². The molecule has 3 heterocycles. The summed E-state index contributed by atoms with van der Waals surface area (Å²) >= 11 is 1.57. The fourth-order valence-electron chi connectivity index (χ4n) is 3.04. The molecule has 144 valence electrons. The molecule has 2 N–H and O–H groups in total. The first-order valence-electron chi connectivity index (χ1n) is 8.84. The van der Waals surface area contributed by atoms with Gasteiger partial charge in [0, 0.05) is 31.4 Å². The normalized spacial score (nSPS) is 14.5. The van der Waals surface area contributed by atoms with Crippen molar-refractivity contribution in [2.24, 2.45) is 0 Å². The van der Waals surface area contributed by atoms with Crippen LogP contribution in [0.5, 0.6) is 0 Å². The number of thiophene rings is 1. The van der Waals surface area contributed by atoms with Crippen molar-refractivity contribution in [3.63, 3.8) is 0 Å². The number of amides is 2. The van der Waals surface area contributed by atoms with E-state index in [0.29, 0.717) is 36.2 Å². The molecule has 8 nitrogen and oxygen atoms in total. The van der Waals surface area contributed by atoms with Crippen LogP contribution in [0.2, 0.25) is 0 Å². The van der Waals surface area contributed by atoms with Crippen molar-refractivity contribution in [2.45, 2.75) is 12.8 Å². The van der Waals surface area contributed by atoms with E-state index in [1.165, 1.54) is 6.92 Å². The summed E-state index contributed by atoms with van der Waals surface area (Å²) in [5.74, 6) is 1.11. The minimum Gasteiger partial charge on any atom is -0.339 e. The minimum atomic E-state index is -0.154. The summed E-state index contributed by atoms with van der Waals surface area (Å²) in [4.78, 5) is 30.9. The second-order valence-electron chi connectivity index (χ2n) is 6.63. The highest BCUT2D eigenvalue weighted by Crippen LogP contribution is 2.28. The van der Waals surface area contributed by atoms with E-state index in [4.69, 9.17) is 4.52 Å². The number of carbonyl (C=O) groups excluding carboxylic acids is 2. The lowest BCUT2D eigenvalue weighted by molar-refractivity contribution is -0.118. The summed E-state index contributed by atoms with van der Waals surface area (Å²) in [6.07, 6.45) is 0. The number of benzene rings is 1. The monoisotopic (exact) mass is 397 g/mol. The van der Waals surface area contributed by atoms with Gasteiger partial charge in [0.1, 0.15) is 0 Å². The molecule has 0 spiro atoms. The van der Waals surface area contributed by atoms with Gasteiger partial charge in [-0.1, -0.05) is 17.3 Å². The molecular formula is C19H19N5O3S. The molecule has 1 aliphatic heterocycles. The first-order chi connectivity index (χ1) is 13.6. The third-order valence-electron chi connectivity index (χ3n) is 4.32. The zero-order valence-corrected chi connectivity index (χ0v) is 16.0. The summed E-state index contributed by atoms with van der Waals surface area (Å²) < 4.78 is 5.37. The molecule has 28 heavy (non-hydrogen) atoms. The molecule has 0 unspecified atom stereocenters. The van der Waals surface area contributed by atoms with Gasteiger partial charge in [0.05, 0.1) is 17.3 Å². The van der Waals surface area contributed by atoms with Crippen LogP contribution in [0.1, 0.15) is 18.7 Å². The fraction of sp³-hybridized carbons (Fsp3) is 0.263. The van der Waals surface area contributed by atoms with Gasteiger partial charge >= 0.3 is 0 Å². The lowest BCUT2D eigenvalue weighted by Gasteiger charge is -2.36. The average molecular weight is 397 g/mol. The van der Waals surface area contributed by atoms with Crippen molar-refractivity contribution in [1.29, 1.82) is 0 Å². The number of anilines is 2. The topological polar surface area (TPSA) is 100 Å². The summed E-state index contributed by atoms with van der Waals surface area (Å²) in [6.45, 7) is 3.13. The Morgan fingerprint density at radius 2 is 2.00 bits per heavy atom. The average Bonchev–Trinajstić information content (AvgIpc) is 3.29. The van der Waals surface area contributed by atoms with Crippen LogP contribution in [0.15, 0.2) is 46.3 Å². The molecule has 0 aliphatic carbocycles. The number of hydrogen-bond donors (Lipinski definition) is 2. The molecule has 0 saturated carbocycles. The number of nitrogens with one attached hydrogen (secondary N) is 2. The molecule has 2 aromatic heterocycles. The van der Waals surface area contributed by atoms with E-state index in [1.807, 2.05) is 22.4 Å². The zero-order valence-electron chi connectivity index (χ0n) is 15.2. The van der Waals surface area contributed by atoms with Gasteiger partial charge in [-0.15, -0.1) is 11.3 Å². The molecule has 0 atom stereocenters. The predicted molar refractivity (Wildman–Crippen MR) is 106 cm³/mol. The SMILES string of the molecule is CC(=O)Nc1cccc(NC(=O)CN2CC(c3nc(-c4cccs4)no3)C2)c1. The Morgan fingerprint density at radius 1 is 1.21 bits per heavy atom. The Bertz CT molecular complexity index is 979. The number of rotatable bonds is 6. The van der Waals surface area contributed by atoms with Gasteiger partial charge in [-0.25, -0.2) is 0 Å². The molecular weight excluding hydrogens is 378 g/mol. The largest absolute Gasteiger partial charge is 0.339 e. The third-order valence-corrected chi connectivity index (χ3v) is 5.19. The predicted octanol–water partition coefficient (Wildman–Crippen LogP) is 2.79. The second-order valence-corrected chi connectivity index (χ2v) is 7.58. The first-order valence-corrected chi connectivity index (χ1v) is 9.72. The fourth-order valence-corrected chi connectivity index (χ4v) is 3.69. The second kappa shape index (κ2) is 7.91. The van der Waals surface area contributed by atoms with Crippen LogP contribution in [0, 0.1) is 0 Å². The van der Waals surface area contributed by atoms with Crippen molar-refractivity contribution in [3.8, 4) is 10.7 Å². The van der Waals surface area contributed by atoms with Gasteiger partial charge < -0.3 is 15.2 Å². The van der Waals surface area contributed by atoms with E-state index in [1.54, 1.807) is 35.6 Å². The van der Waals surface area contributed by atoms with E-state index in [0.717, 1.165) is 4.88 Å². The van der Waals surface area contributed by atoms with Gasteiger partial charge in [-0.05, 0) is 29.6 Å². The maximum Gasteiger partial charge on any atom is 0.238 e. The molecule has 2 amide bonds. The molecule has 4 rings (SSSR count). The van der Waals surface area contributed by atoms with Crippen molar-refractivity contribution in [1.82, 2.24) is 15.0 Å². The van der Waals surface area contributed by atoms with Gasteiger partial charge in [0.2, 0.25) is 23.5 Å². The quantitative estimate of drug-likeness (QED) is 0.663. The summed E-state index contributed by atoms with van der Waals surface area (Å²) in [5, 5.41) is 11.5. The minimum absolute atomic E-state index is 0.108. The van der Waals surface area contributed by atoms with Crippen LogP contribution in [-0.2, 0) is 9.59 Å². The van der Waals surface area contributed by atoms with Crippen LogP contribution in [0.3, 0.4) is 0 Å². The van der Waals surface area contributed by atoms with E-state index in [-0.39, 0.29) is 24.3 Å². The maximum atomic E-state index is 12.3. The van der Waals surface area contributed by atoms with Gasteiger partial charge in [-0.3, -0.25) is 14.5 Å². The number of nitrogens with zero attached hydrogens (tertiary/aromatic N) is 3. The van der Waals surface area contributed by atoms with Gasteiger partial charge in [0.15, 0.2) is 0 Å². The number of carbonyl (C=O) groups is 2. The summed E-state index contributed by atoms with van der Waals surface area (Å²) in [7, 11) is 0. The van der Waals surface area contributed by atoms with Crippen LogP contribution >= 0.6 is 11.3 Å². The van der Waals surface area contributed by atoms with E-state index in [2.05, 4.69) is 20.8 Å². The molecule has 0 bridgehead atoms. The van der Waals surface area contributed by atoms with E-state index >= 15 is 0 Å². The van der Waals surface area contributed by atoms with Crippen LogP contribution < -0.4 is 10.6 Å². The third kappa shape index (κ3) is 4.26. The lowest BCUT2D eigenvalue weighted by atomic mass is 10.0. The lowest BCUT2D eigenvalue weighted by Crippen LogP contribution is -2.48. The van der Waals surface area contributed by atoms with Crippen LogP contribution in [-0.4, -0.2) is 46.5 Å². The van der Waals surface area contributed by atoms with Crippen molar-refractivity contribution in [2.75, 3.05) is 30.3 Å². The standard InChI is InChI=1S/C19H19N5O3S/c1-12(25)20-14-4-2-5-15(8-14)21-17(26)11-24-9-13(10-24)19-22-18(23-27-19)16-6-3-7-28-16/h2-8,13H,9-11H2,1H3,(H,20,25)(H,21,26). The molecule has 1 fully saturated rings. The van der Waals surface area contributed by atoms with Crippen molar-refractivity contribution >= 4 is 34.5 Å². The molecule has 1 aromatic carbocycles. The molecule has 1 aliphatic rings. The highest BCUT2D eigenvalue weighted by Gasteiger charge is 2.33. The van der Waals surface area contributed by atoms with Crippen LogP contribution in [0.25, 0.3) is 10.7 Å². The maximum absolute atomic E-state index is 12.3. The Morgan fingerprint density at radius 3 is 2.71 bits per heavy atom. The number of aromatic nitrogens is 2. The van der Waals surface area contributed by atoms with Crippen molar-refractivity contribution < 1.29 is 14.1 Å². The molecule has 1 saturated heterocycles. The Kier molecular flexibility index (Phi) is 5.18. The van der Waals surface area contributed by atoms with Gasteiger partial charge in [0.25, 0.3) is 0 Å². The number of hydrogen-bond acceptors (Lipinski definition) is 7. The zero-order chi connectivity index (χ0) is 19.5. The number of likely N-dealkylation sites (tertiary alicyclic amines) is 1. The summed E-state index contributed by atoms with van der Waals surface area (Å²) in [6, 6.07) is 11.0. The smallest absolute Gasteiger partial charge is 0.238 e. The molecule has 0 radical (unpaired) electrons. The molecule has 3 aromatic rings. The first kappa shape index (κ1) is 18.3. The summed E-state index contributed by atoms with van der Waals surface area (Å²) in [5.41, 5.74) is 1.29. The highest BCUT2D eigenvalue weighted by molar-refractivity contribution is 7.13. The van der Waals surface area contributed by atoms with Crippen molar-refractivity contribution in [3.05, 3.63) is 47.7 Å².